The van der Waals surface area contributed by atoms with Crippen LogP contribution in [0.25, 0.3) is 10.8 Å². The van der Waals surface area contributed by atoms with Gasteiger partial charge in [-0.05, 0) is 49.2 Å². The van der Waals surface area contributed by atoms with Gasteiger partial charge in [-0.25, -0.2) is 4.39 Å². The first-order chi connectivity index (χ1) is 17.3. The number of ether oxygens (including phenoxy) is 1. The number of aliphatic hydroxyl groups is 1. The van der Waals surface area contributed by atoms with E-state index in [2.05, 4.69) is 10.3 Å². The number of hydrogen-bond donors (Lipinski definition) is 4. The summed E-state index contributed by atoms with van der Waals surface area (Å²) in [6, 6.07) is 8.90. The van der Waals surface area contributed by atoms with Crippen molar-refractivity contribution >= 4 is 45.7 Å². The molecule has 11 heteroatoms. The summed E-state index contributed by atoms with van der Waals surface area (Å²) >= 11 is 0. The van der Waals surface area contributed by atoms with Gasteiger partial charge in [0.15, 0.2) is 12.2 Å². The molecule has 2 aliphatic heterocycles. The Morgan fingerprint density at radius 2 is 1.94 bits per heavy atom. The first kappa shape index (κ1) is 23.8. The van der Waals surface area contributed by atoms with E-state index in [4.69, 9.17) is 10.5 Å². The molecule has 2 saturated heterocycles. The zero-order valence-electron chi connectivity index (χ0n) is 19.4. The molecular weight excluding hydrogens is 469 g/mol. The molecule has 0 aliphatic carbocycles. The van der Waals surface area contributed by atoms with Crippen LogP contribution in [-0.2, 0) is 14.3 Å². The third-order valence-corrected chi connectivity index (χ3v) is 6.55. The third kappa shape index (κ3) is 4.38. The Kier molecular flexibility index (Phi) is 6.33. The predicted molar refractivity (Wildman–Crippen MR) is 131 cm³/mol. The summed E-state index contributed by atoms with van der Waals surface area (Å²) in [5, 5.41) is 14.8. The summed E-state index contributed by atoms with van der Waals surface area (Å²) in [5.41, 5.74) is 6.41. The fourth-order valence-corrected chi connectivity index (χ4v) is 4.62. The van der Waals surface area contributed by atoms with Gasteiger partial charge in [0.05, 0.1) is 12.2 Å². The Hall–Kier alpha value is -3.96. The van der Waals surface area contributed by atoms with Crippen molar-refractivity contribution in [2.45, 2.75) is 25.0 Å². The van der Waals surface area contributed by atoms with Gasteiger partial charge in [0, 0.05) is 48.0 Å². The van der Waals surface area contributed by atoms with Crippen molar-refractivity contribution in [2.75, 3.05) is 42.2 Å². The molecule has 5 rings (SSSR count). The van der Waals surface area contributed by atoms with Crippen LogP contribution in [0.1, 0.15) is 23.2 Å². The van der Waals surface area contributed by atoms with Gasteiger partial charge in [0.25, 0.3) is 17.7 Å². The van der Waals surface area contributed by atoms with Crippen molar-refractivity contribution in [2.24, 2.45) is 0 Å². The number of carbonyl (C=O) groups excluding carboxylic acids is 3. The molecule has 2 aliphatic rings. The second kappa shape index (κ2) is 9.59. The summed E-state index contributed by atoms with van der Waals surface area (Å²) in [6.07, 6.45) is 0.160. The molecule has 3 amide bonds. The van der Waals surface area contributed by atoms with E-state index >= 15 is 0 Å². The Balaban J connectivity index is 1.31. The zero-order chi connectivity index (χ0) is 25.4. The average Bonchev–Trinajstić information content (AvgIpc) is 3.54. The number of nitrogen functional groups attached to an aromatic ring is 1. The molecule has 5 N–H and O–H groups in total. The van der Waals surface area contributed by atoms with Crippen molar-refractivity contribution < 1.29 is 28.6 Å². The first-order valence-corrected chi connectivity index (χ1v) is 11.7. The lowest BCUT2D eigenvalue weighted by Gasteiger charge is -2.34. The number of nitrogens with two attached hydrogens (primary N) is 1. The summed E-state index contributed by atoms with van der Waals surface area (Å²) < 4.78 is 19.9. The number of H-pyrrole nitrogens is 1. The van der Waals surface area contributed by atoms with Crippen LogP contribution in [0, 0.1) is 5.82 Å². The summed E-state index contributed by atoms with van der Waals surface area (Å²) in [4.78, 5) is 44.4. The number of hydrogen-bond acceptors (Lipinski definition) is 6. The average molecular weight is 496 g/mol. The highest BCUT2D eigenvalue weighted by Crippen LogP contribution is 2.26. The fourth-order valence-electron chi connectivity index (χ4n) is 4.62. The molecule has 3 heterocycles. The summed E-state index contributed by atoms with van der Waals surface area (Å²) in [5.74, 6) is -2.08. The minimum absolute atomic E-state index is 0.0438. The van der Waals surface area contributed by atoms with Crippen molar-refractivity contribution in [3.63, 3.8) is 0 Å². The van der Waals surface area contributed by atoms with E-state index in [1.165, 1.54) is 17.0 Å². The minimum atomic E-state index is -1.79. The SMILES string of the molecule is Nc1[nH]cc2cc(NC(=O)[C@H](O)[C@H]3OCCN(c4ccc(F)c(C(=O)N5CCCC5)c4)C3=O)ccc12. The molecular formula is C25H26FN5O5. The number of likely N-dealkylation sites (tertiary alicyclic amines) is 1. The van der Waals surface area contributed by atoms with E-state index in [-0.39, 0.29) is 18.7 Å². The molecule has 36 heavy (non-hydrogen) atoms. The van der Waals surface area contributed by atoms with Crippen LogP contribution in [0.5, 0.6) is 0 Å². The number of amides is 3. The van der Waals surface area contributed by atoms with E-state index in [0.29, 0.717) is 30.3 Å². The maximum absolute atomic E-state index is 14.5. The lowest BCUT2D eigenvalue weighted by Crippen LogP contribution is -2.55. The number of nitrogens with one attached hydrogen (secondary N) is 2. The topological polar surface area (TPSA) is 141 Å². The number of benzene rings is 2. The number of morpholine rings is 1. The van der Waals surface area contributed by atoms with Crippen LogP contribution in [0.4, 0.5) is 21.6 Å². The highest BCUT2D eigenvalue weighted by Gasteiger charge is 2.39. The van der Waals surface area contributed by atoms with Crippen molar-refractivity contribution in [3.05, 3.63) is 54.0 Å². The number of aromatic amines is 1. The van der Waals surface area contributed by atoms with Crippen molar-refractivity contribution in [1.29, 1.82) is 0 Å². The lowest BCUT2D eigenvalue weighted by molar-refractivity contribution is -0.150. The Labute approximate surface area is 205 Å². The normalized spacial score (nSPS) is 19.1. The molecule has 2 aromatic carbocycles. The van der Waals surface area contributed by atoms with E-state index < -0.39 is 35.7 Å². The van der Waals surface area contributed by atoms with E-state index in [0.717, 1.165) is 29.7 Å². The van der Waals surface area contributed by atoms with Crippen LogP contribution in [-0.4, -0.2) is 71.2 Å². The monoisotopic (exact) mass is 495 g/mol. The number of anilines is 3. The smallest absolute Gasteiger partial charge is 0.259 e. The highest BCUT2D eigenvalue weighted by molar-refractivity contribution is 6.05. The van der Waals surface area contributed by atoms with Crippen molar-refractivity contribution in [3.8, 4) is 0 Å². The Morgan fingerprint density at radius 3 is 2.72 bits per heavy atom. The van der Waals surface area contributed by atoms with Gasteiger partial charge in [-0.3, -0.25) is 14.4 Å². The molecule has 2 fully saturated rings. The number of nitrogens with zero attached hydrogens (tertiary/aromatic N) is 2. The second-order valence-corrected chi connectivity index (χ2v) is 8.88. The molecule has 2 atom stereocenters. The van der Waals surface area contributed by atoms with Crippen LogP contribution in [0.15, 0.2) is 42.6 Å². The minimum Gasteiger partial charge on any atom is -0.385 e. The number of rotatable bonds is 5. The first-order valence-electron chi connectivity index (χ1n) is 11.7. The molecule has 3 aromatic rings. The van der Waals surface area contributed by atoms with Gasteiger partial charge in [-0.2, -0.15) is 0 Å². The van der Waals surface area contributed by atoms with Crippen LogP contribution < -0.4 is 16.0 Å². The number of halogens is 1. The third-order valence-electron chi connectivity index (χ3n) is 6.55. The molecule has 0 bridgehead atoms. The molecule has 188 valence electrons. The van der Waals surface area contributed by atoms with E-state index in [1.54, 1.807) is 29.3 Å². The van der Waals surface area contributed by atoms with Gasteiger partial charge >= 0.3 is 0 Å². The summed E-state index contributed by atoms with van der Waals surface area (Å²) in [6.45, 7) is 1.29. The number of aliphatic hydroxyl groups excluding tert-OH is 1. The quantitative estimate of drug-likeness (QED) is 0.426. The highest BCUT2D eigenvalue weighted by atomic mass is 19.1. The Morgan fingerprint density at radius 1 is 1.17 bits per heavy atom. The van der Waals surface area contributed by atoms with Gasteiger partial charge < -0.3 is 35.7 Å². The van der Waals surface area contributed by atoms with Gasteiger partial charge in [0.2, 0.25) is 0 Å². The predicted octanol–water partition coefficient (Wildman–Crippen LogP) is 1.86. The van der Waals surface area contributed by atoms with Gasteiger partial charge in [-0.1, -0.05) is 0 Å². The largest absolute Gasteiger partial charge is 0.385 e. The number of fused-ring (bicyclic) bond motifs is 1. The Bertz CT molecular complexity index is 1340. The molecule has 0 saturated carbocycles. The van der Waals surface area contributed by atoms with E-state index in [1.807, 2.05) is 0 Å². The second-order valence-electron chi connectivity index (χ2n) is 8.88. The van der Waals surface area contributed by atoms with Crippen LogP contribution in [0.2, 0.25) is 0 Å². The van der Waals surface area contributed by atoms with Gasteiger partial charge in [-0.15, -0.1) is 0 Å². The van der Waals surface area contributed by atoms with Crippen molar-refractivity contribution in [1.82, 2.24) is 9.88 Å². The maximum atomic E-state index is 14.5. The summed E-state index contributed by atoms with van der Waals surface area (Å²) in [7, 11) is 0. The molecule has 0 radical (unpaired) electrons. The fraction of sp³-hybridized carbons (Fsp3) is 0.320. The lowest BCUT2D eigenvalue weighted by atomic mass is 10.1. The number of carbonyl (C=O) groups is 3. The standard InChI is InChI=1S/C25H26FN5O5/c26-19-6-4-16(12-18(19)24(34)30-7-1-2-8-30)31-9-10-36-21(25(31)35)20(32)23(33)29-15-3-5-17-14(11-15)13-28-22(17)27/h3-6,11-13,20-21,28,32H,1-2,7-10,27H2,(H,29,33)/t20-,21-/m1/s1. The van der Waals surface area contributed by atoms with Crippen LogP contribution in [0.3, 0.4) is 0 Å². The zero-order valence-corrected chi connectivity index (χ0v) is 19.4. The van der Waals surface area contributed by atoms with E-state index in [9.17, 15) is 23.9 Å². The number of aromatic nitrogens is 1. The molecule has 0 unspecified atom stereocenters. The maximum Gasteiger partial charge on any atom is 0.259 e. The van der Waals surface area contributed by atoms with Gasteiger partial charge in [0.1, 0.15) is 11.6 Å². The molecule has 10 nitrogen and oxygen atoms in total. The van der Waals surface area contributed by atoms with Crippen LogP contribution >= 0.6 is 0 Å². The molecule has 0 spiro atoms. The molecule has 1 aromatic heterocycles.